The summed E-state index contributed by atoms with van der Waals surface area (Å²) >= 11 is 0. The highest BCUT2D eigenvalue weighted by Gasteiger charge is 2.29. The molecular formula is C19H25N3O2. The first-order chi connectivity index (χ1) is 11.4. The summed E-state index contributed by atoms with van der Waals surface area (Å²) in [5.41, 5.74) is 1.63. The maximum absolute atomic E-state index is 12.6. The molecule has 0 unspecified atom stereocenters. The van der Waals surface area contributed by atoms with Crippen molar-refractivity contribution in [3.63, 3.8) is 0 Å². The molecule has 0 saturated carbocycles. The van der Waals surface area contributed by atoms with Crippen molar-refractivity contribution < 1.29 is 9.59 Å². The number of amides is 2. The Morgan fingerprint density at radius 2 is 1.83 bits per heavy atom. The van der Waals surface area contributed by atoms with Gasteiger partial charge < -0.3 is 9.80 Å². The van der Waals surface area contributed by atoms with Gasteiger partial charge in [0.1, 0.15) is 0 Å². The molecule has 1 aliphatic rings. The van der Waals surface area contributed by atoms with Crippen LogP contribution in [0.25, 0.3) is 0 Å². The average molecular weight is 327 g/mol. The van der Waals surface area contributed by atoms with Crippen LogP contribution in [0.1, 0.15) is 37.8 Å². The van der Waals surface area contributed by atoms with E-state index in [0.717, 1.165) is 18.4 Å². The lowest BCUT2D eigenvalue weighted by molar-refractivity contribution is -0.141. The molecule has 24 heavy (non-hydrogen) atoms. The Morgan fingerprint density at radius 3 is 2.33 bits per heavy atom. The van der Waals surface area contributed by atoms with Crippen LogP contribution in [0.2, 0.25) is 0 Å². The lowest BCUT2D eigenvalue weighted by Crippen LogP contribution is -2.44. The number of nitriles is 1. The minimum absolute atomic E-state index is 0.00964. The van der Waals surface area contributed by atoms with Crippen molar-refractivity contribution in [2.24, 2.45) is 11.8 Å². The molecule has 0 aromatic heterocycles. The van der Waals surface area contributed by atoms with Crippen molar-refractivity contribution in [3.05, 3.63) is 35.4 Å². The van der Waals surface area contributed by atoms with Gasteiger partial charge in [0, 0.05) is 38.5 Å². The van der Waals surface area contributed by atoms with Gasteiger partial charge in [0.25, 0.3) is 0 Å². The Labute approximate surface area is 143 Å². The lowest BCUT2D eigenvalue weighted by atomic mass is 9.94. The van der Waals surface area contributed by atoms with Crippen LogP contribution in [0, 0.1) is 23.2 Å². The van der Waals surface area contributed by atoms with Gasteiger partial charge in [-0.2, -0.15) is 5.26 Å². The molecule has 1 aliphatic heterocycles. The number of piperidine rings is 1. The van der Waals surface area contributed by atoms with Crippen LogP contribution < -0.4 is 0 Å². The van der Waals surface area contributed by atoms with Crippen LogP contribution in [0.5, 0.6) is 0 Å². The van der Waals surface area contributed by atoms with Gasteiger partial charge in [-0.15, -0.1) is 0 Å². The number of nitrogens with zero attached hydrogens (tertiary/aromatic N) is 3. The first-order valence-electron chi connectivity index (χ1n) is 8.45. The summed E-state index contributed by atoms with van der Waals surface area (Å²) in [5, 5.41) is 8.82. The molecule has 1 aromatic rings. The second kappa shape index (κ2) is 7.96. The molecule has 2 amide bonds. The van der Waals surface area contributed by atoms with Crippen LogP contribution in [-0.2, 0) is 16.1 Å². The van der Waals surface area contributed by atoms with Crippen molar-refractivity contribution in [1.29, 1.82) is 5.26 Å². The topological polar surface area (TPSA) is 64.4 Å². The zero-order chi connectivity index (χ0) is 17.7. The van der Waals surface area contributed by atoms with Crippen molar-refractivity contribution in [2.45, 2.75) is 33.2 Å². The quantitative estimate of drug-likeness (QED) is 0.853. The van der Waals surface area contributed by atoms with E-state index in [1.54, 1.807) is 17.0 Å². The van der Waals surface area contributed by atoms with E-state index in [2.05, 4.69) is 6.07 Å². The molecule has 5 nitrogen and oxygen atoms in total. The number of benzene rings is 1. The number of carbonyl (C=O) groups is 2. The molecule has 1 fully saturated rings. The zero-order valence-corrected chi connectivity index (χ0v) is 14.7. The van der Waals surface area contributed by atoms with Crippen LogP contribution >= 0.6 is 0 Å². The van der Waals surface area contributed by atoms with E-state index >= 15 is 0 Å². The summed E-state index contributed by atoms with van der Waals surface area (Å²) in [6.45, 7) is 5.68. The van der Waals surface area contributed by atoms with E-state index in [1.807, 2.05) is 37.9 Å². The van der Waals surface area contributed by atoms with Gasteiger partial charge in [0.2, 0.25) is 11.8 Å². The van der Waals surface area contributed by atoms with E-state index < -0.39 is 0 Å². The lowest BCUT2D eigenvalue weighted by Gasteiger charge is -2.34. The van der Waals surface area contributed by atoms with E-state index in [1.165, 1.54) is 0 Å². The summed E-state index contributed by atoms with van der Waals surface area (Å²) in [5.74, 6) is 0.309. The maximum Gasteiger partial charge on any atom is 0.225 e. The minimum Gasteiger partial charge on any atom is -0.342 e. The predicted octanol–water partition coefficient (Wildman–Crippen LogP) is 2.41. The first-order valence-corrected chi connectivity index (χ1v) is 8.45. The first kappa shape index (κ1) is 18.0. The second-order valence-corrected chi connectivity index (χ2v) is 6.76. The van der Waals surface area contributed by atoms with Gasteiger partial charge in [-0.05, 0) is 30.5 Å². The Hall–Kier alpha value is -2.35. The Morgan fingerprint density at radius 1 is 1.25 bits per heavy atom. The van der Waals surface area contributed by atoms with Crippen molar-refractivity contribution >= 4 is 11.8 Å². The molecule has 0 bridgehead atoms. The summed E-state index contributed by atoms with van der Waals surface area (Å²) in [6, 6.07) is 9.39. The molecule has 1 heterocycles. The smallest absolute Gasteiger partial charge is 0.225 e. The molecule has 0 spiro atoms. The van der Waals surface area contributed by atoms with Crippen LogP contribution in [0.15, 0.2) is 24.3 Å². The Balaban J connectivity index is 1.87. The largest absolute Gasteiger partial charge is 0.342 e. The van der Waals surface area contributed by atoms with Crippen LogP contribution in [0.3, 0.4) is 0 Å². The number of rotatable bonds is 4. The molecule has 0 radical (unpaired) electrons. The molecule has 2 rings (SSSR count). The van der Waals surface area contributed by atoms with E-state index in [9.17, 15) is 9.59 Å². The van der Waals surface area contributed by atoms with Gasteiger partial charge >= 0.3 is 0 Å². The molecule has 0 atom stereocenters. The highest BCUT2D eigenvalue weighted by molar-refractivity contribution is 5.80. The molecule has 128 valence electrons. The Kier molecular flexibility index (Phi) is 5.97. The number of hydrogen-bond donors (Lipinski definition) is 0. The standard InChI is InChI=1S/C19H25N3O2/c1-14(2)18(23)22-10-8-17(9-11-22)19(24)21(3)13-16-6-4-15(12-20)5-7-16/h4-7,14,17H,8-11,13H2,1-3H3. The second-order valence-electron chi connectivity index (χ2n) is 6.76. The molecule has 0 N–H and O–H groups in total. The third-order valence-corrected chi connectivity index (χ3v) is 4.53. The Bertz CT molecular complexity index is 623. The fourth-order valence-corrected chi connectivity index (χ4v) is 3.06. The summed E-state index contributed by atoms with van der Waals surface area (Å²) in [6.07, 6.45) is 1.46. The van der Waals surface area contributed by atoms with Crippen molar-refractivity contribution in [3.8, 4) is 6.07 Å². The maximum atomic E-state index is 12.6. The SMILES string of the molecule is CC(C)C(=O)N1CCC(C(=O)N(C)Cc2ccc(C#N)cc2)CC1. The average Bonchev–Trinajstić information content (AvgIpc) is 2.61. The van der Waals surface area contributed by atoms with Crippen molar-refractivity contribution in [2.75, 3.05) is 20.1 Å². The number of likely N-dealkylation sites (tertiary alicyclic amines) is 1. The number of hydrogen-bond acceptors (Lipinski definition) is 3. The third-order valence-electron chi connectivity index (χ3n) is 4.53. The van der Waals surface area contributed by atoms with Crippen LogP contribution in [-0.4, -0.2) is 41.8 Å². The summed E-state index contributed by atoms with van der Waals surface area (Å²) in [7, 11) is 1.81. The van der Waals surface area contributed by atoms with E-state index in [4.69, 9.17) is 5.26 Å². The van der Waals surface area contributed by atoms with Crippen molar-refractivity contribution in [1.82, 2.24) is 9.80 Å². The highest BCUT2D eigenvalue weighted by Crippen LogP contribution is 2.21. The van der Waals surface area contributed by atoms with Gasteiger partial charge in [-0.1, -0.05) is 26.0 Å². The molecule has 1 saturated heterocycles. The van der Waals surface area contributed by atoms with Crippen LogP contribution in [0.4, 0.5) is 0 Å². The highest BCUT2D eigenvalue weighted by atomic mass is 16.2. The summed E-state index contributed by atoms with van der Waals surface area (Å²) < 4.78 is 0. The van der Waals surface area contributed by atoms with Gasteiger partial charge in [0.15, 0.2) is 0 Å². The number of carbonyl (C=O) groups excluding carboxylic acids is 2. The normalized spacial score (nSPS) is 15.2. The van der Waals surface area contributed by atoms with E-state index in [0.29, 0.717) is 25.2 Å². The molecule has 1 aromatic carbocycles. The third kappa shape index (κ3) is 4.35. The molecular weight excluding hydrogens is 302 g/mol. The summed E-state index contributed by atoms with van der Waals surface area (Å²) in [4.78, 5) is 28.2. The van der Waals surface area contributed by atoms with Gasteiger partial charge in [0.05, 0.1) is 11.6 Å². The van der Waals surface area contributed by atoms with E-state index in [-0.39, 0.29) is 23.7 Å². The minimum atomic E-state index is -0.00964. The van der Waals surface area contributed by atoms with Gasteiger partial charge in [-0.25, -0.2) is 0 Å². The fourth-order valence-electron chi connectivity index (χ4n) is 3.06. The predicted molar refractivity (Wildman–Crippen MR) is 91.8 cm³/mol. The van der Waals surface area contributed by atoms with Gasteiger partial charge in [-0.3, -0.25) is 9.59 Å². The molecule has 5 heteroatoms. The molecule has 0 aliphatic carbocycles. The zero-order valence-electron chi connectivity index (χ0n) is 14.7. The monoisotopic (exact) mass is 327 g/mol. The fraction of sp³-hybridized carbons (Fsp3) is 0.526.